The van der Waals surface area contributed by atoms with Gasteiger partial charge in [0, 0.05) is 36.4 Å². The topological polar surface area (TPSA) is 50.8 Å². The SMILES string of the molecule is CCC(C)(CC)OCC(CN1COC2(CC(C)(C)NC(C)(C)C2)C1=O)C(C)(CC)CC. The molecule has 2 saturated heterocycles. The number of nitrogens with zero attached hydrogens (tertiary/aromatic N) is 1. The molecule has 0 aromatic rings. The van der Waals surface area contributed by atoms with Crippen molar-refractivity contribution >= 4 is 5.91 Å². The van der Waals surface area contributed by atoms with E-state index >= 15 is 0 Å². The molecule has 2 heterocycles. The number of ether oxygens (including phenoxy) is 2. The third kappa shape index (κ3) is 5.83. The maximum atomic E-state index is 13.7. The summed E-state index contributed by atoms with van der Waals surface area (Å²) in [6.07, 6.45) is 5.56. The number of amides is 1. The molecule has 1 amide bonds. The van der Waals surface area contributed by atoms with Crippen LogP contribution in [0.5, 0.6) is 0 Å². The first-order chi connectivity index (χ1) is 14.2. The highest BCUT2D eigenvalue weighted by Crippen LogP contribution is 2.44. The van der Waals surface area contributed by atoms with Gasteiger partial charge in [0.1, 0.15) is 6.73 Å². The average Bonchev–Trinajstić information content (AvgIpc) is 2.96. The fourth-order valence-corrected chi connectivity index (χ4v) is 5.82. The Hall–Kier alpha value is -0.650. The van der Waals surface area contributed by atoms with Crippen molar-refractivity contribution < 1.29 is 14.3 Å². The minimum absolute atomic E-state index is 0.101. The molecule has 2 aliphatic rings. The van der Waals surface area contributed by atoms with E-state index in [9.17, 15) is 4.79 Å². The molecular weight excluding hydrogens is 388 g/mol. The van der Waals surface area contributed by atoms with Gasteiger partial charge in [0.15, 0.2) is 5.60 Å². The van der Waals surface area contributed by atoms with E-state index < -0.39 is 5.60 Å². The first kappa shape index (κ1) is 26.6. The zero-order valence-corrected chi connectivity index (χ0v) is 22.1. The molecule has 2 aliphatic heterocycles. The number of hydrogen-bond donors (Lipinski definition) is 1. The molecule has 0 aliphatic carbocycles. The van der Waals surface area contributed by atoms with E-state index in [1.54, 1.807) is 0 Å². The van der Waals surface area contributed by atoms with Crippen molar-refractivity contribution in [3.05, 3.63) is 0 Å². The molecule has 0 saturated carbocycles. The summed E-state index contributed by atoms with van der Waals surface area (Å²) in [6, 6.07) is 0. The number of rotatable bonds is 10. The van der Waals surface area contributed by atoms with Crippen molar-refractivity contribution in [3.63, 3.8) is 0 Å². The molecule has 31 heavy (non-hydrogen) atoms. The van der Waals surface area contributed by atoms with Crippen molar-refractivity contribution in [3.8, 4) is 0 Å². The highest BCUT2D eigenvalue weighted by molar-refractivity contribution is 5.87. The van der Waals surface area contributed by atoms with E-state index in [1.165, 1.54) is 0 Å². The van der Waals surface area contributed by atoms with Crippen LogP contribution in [0.15, 0.2) is 0 Å². The van der Waals surface area contributed by atoms with Crippen molar-refractivity contribution in [2.75, 3.05) is 19.9 Å². The van der Waals surface area contributed by atoms with Crippen LogP contribution in [0.1, 0.15) is 108 Å². The molecule has 182 valence electrons. The smallest absolute Gasteiger partial charge is 0.256 e. The maximum absolute atomic E-state index is 13.7. The van der Waals surface area contributed by atoms with Crippen molar-refractivity contribution in [1.82, 2.24) is 10.2 Å². The molecule has 0 aromatic carbocycles. The Morgan fingerprint density at radius 1 is 1.00 bits per heavy atom. The average molecular weight is 439 g/mol. The van der Waals surface area contributed by atoms with Crippen LogP contribution in [0.25, 0.3) is 0 Å². The Balaban J connectivity index is 2.22. The molecule has 1 spiro atoms. The van der Waals surface area contributed by atoms with Gasteiger partial charge in [-0.1, -0.05) is 47.5 Å². The molecule has 0 aromatic heterocycles. The van der Waals surface area contributed by atoms with Gasteiger partial charge >= 0.3 is 0 Å². The third-order valence-electron chi connectivity index (χ3n) is 8.48. The van der Waals surface area contributed by atoms with Crippen LogP contribution in [0.4, 0.5) is 0 Å². The van der Waals surface area contributed by atoms with Gasteiger partial charge in [-0.15, -0.1) is 0 Å². The van der Waals surface area contributed by atoms with Crippen molar-refractivity contribution in [2.24, 2.45) is 11.3 Å². The van der Waals surface area contributed by atoms with Gasteiger partial charge in [-0.2, -0.15) is 0 Å². The Kier molecular flexibility index (Phi) is 7.98. The van der Waals surface area contributed by atoms with E-state index in [2.05, 4.69) is 74.6 Å². The van der Waals surface area contributed by atoms with E-state index in [0.717, 1.165) is 25.7 Å². The highest BCUT2D eigenvalue weighted by Gasteiger charge is 2.57. The number of piperidine rings is 1. The Morgan fingerprint density at radius 3 is 1.97 bits per heavy atom. The van der Waals surface area contributed by atoms with Crippen LogP contribution in [0.3, 0.4) is 0 Å². The summed E-state index contributed by atoms with van der Waals surface area (Å²) in [5.41, 5.74) is -0.954. The quantitative estimate of drug-likeness (QED) is 0.488. The van der Waals surface area contributed by atoms with E-state index in [-0.39, 0.29) is 33.9 Å². The second-order valence-corrected chi connectivity index (χ2v) is 12.1. The molecule has 1 N–H and O–H groups in total. The summed E-state index contributed by atoms with van der Waals surface area (Å²) in [7, 11) is 0. The van der Waals surface area contributed by atoms with Crippen LogP contribution in [0.2, 0.25) is 0 Å². The van der Waals surface area contributed by atoms with Gasteiger partial charge in [0.2, 0.25) is 0 Å². The van der Waals surface area contributed by atoms with E-state index in [4.69, 9.17) is 9.47 Å². The lowest BCUT2D eigenvalue weighted by atomic mass is 9.71. The Morgan fingerprint density at radius 2 is 1.52 bits per heavy atom. The van der Waals surface area contributed by atoms with Gasteiger partial charge in [0.25, 0.3) is 5.91 Å². The zero-order valence-electron chi connectivity index (χ0n) is 22.1. The fraction of sp³-hybridized carbons (Fsp3) is 0.962. The first-order valence-corrected chi connectivity index (χ1v) is 12.6. The summed E-state index contributed by atoms with van der Waals surface area (Å²) < 4.78 is 12.8. The van der Waals surface area contributed by atoms with E-state index in [0.29, 0.717) is 32.7 Å². The Labute approximate surface area is 192 Å². The summed E-state index contributed by atoms with van der Waals surface area (Å²) in [6.45, 7) is 23.9. The van der Waals surface area contributed by atoms with Crippen molar-refractivity contribution in [1.29, 1.82) is 0 Å². The number of nitrogens with one attached hydrogen (secondary N) is 1. The van der Waals surface area contributed by atoms with Gasteiger partial charge in [0.05, 0.1) is 12.2 Å². The summed E-state index contributed by atoms with van der Waals surface area (Å²) in [5.74, 6) is 0.453. The molecule has 1 atom stereocenters. The minimum Gasteiger partial charge on any atom is -0.375 e. The molecule has 0 bridgehead atoms. The van der Waals surface area contributed by atoms with Crippen LogP contribution in [0, 0.1) is 11.3 Å². The predicted octanol–water partition coefficient (Wildman–Crippen LogP) is 5.52. The van der Waals surface area contributed by atoms with Crippen LogP contribution in [-0.4, -0.2) is 53.0 Å². The maximum Gasteiger partial charge on any atom is 0.256 e. The predicted molar refractivity (Wildman–Crippen MR) is 128 cm³/mol. The van der Waals surface area contributed by atoms with Crippen molar-refractivity contribution in [2.45, 2.75) is 130 Å². The van der Waals surface area contributed by atoms with Gasteiger partial charge < -0.3 is 19.7 Å². The number of carbonyl (C=O) groups is 1. The first-order valence-electron chi connectivity index (χ1n) is 12.6. The summed E-state index contributed by atoms with van der Waals surface area (Å²) in [5, 5.41) is 3.68. The van der Waals surface area contributed by atoms with Gasteiger partial charge in [-0.05, 0) is 52.9 Å². The molecule has 5 heteroatoms. The fourth-order valence-electron chi connectivity index (χ4n) is 5.82. The zero-order chi connectivity index (χ0) is 23.7. The summed E-state index contributed by atoms with van der Waals surface area (Å²) in [4.78, 5) is 15.7. The molecular formula is C26H50N2O3. The van der Waals surface area contributed by atoms with Gasteiger partial charge in [-0.25, -0.2) is 0 Å². The van der Waals surface area contributed by atoms with Crippen LogP contribution >= 0.6 is 0 Å². The number of carbonyl (C=O) groups excluding carboxylic acids is 1. The largest absolute Gasteiger partial charge is 0.375 e. The second kappa shape index (κ2) is 9.30. The van der Waals surface area contributed by atoms with Crippen LogP contribution < -0.4 is 5.32 Å². The summed E-state index contributed by atoms with van der Waals surface area (Å²) >= 11 is 0. The standard InChI is InChI=1S/C26H50N2O3/c1-11-24(9,12-2)20(16-30-25(10,13-3)14-4)15-28-19-31-26(21(28)29)17-22(5,6)27-23(7,8)18-26/h20,27H,11-19H2,1-10H3. The lowest BCUT2D eigenvalue weighted by molar-refractivity contribution is -0.146. The lowest BCUT2D eigenvalue weighted by Gasteiger charge is -2.49. The second-order valence-electron chi connectivity index (χ2n) is 12.1. The molecule has 2 rings (SSSR count). The normalized spacial score (nSPS) is 24.1. The third-order valence-corrected chi connectivity index (χ3v) is 8.48. The van der Waals surface area contributed by atoms with E-state index in [1.807, 2.05) is 4.90 Å². The lowest BCUT2D eigenvalue weighted by Crippen LogP contribution is -2.65. The number of hydrogen-bond acceptors (Lipinski definition) is 4. The molecule has 5 nitrogen and oxygen atoms in total. The van der Waals surface area contributed by atoms with Crippen LogP contribution in [-0.2, 0) is 14.3 Å². The molecule has 0 radical (unpaired) electrons. The molecule has 2 fully saturated rings. The minimum atomic E-state index is -0.708. The monoisotopic (exact) mass is 438 g/mol. The highest BCUT2D eigenvalue weighted by atomic mass is 16.5. The molecule has 1 unspecified atom stereocenters. The van der Waals surface area contributed by atoms with Gasteiger partial charge in [-0.3, -0.25) is 4.79 Å². The Bertz CT molecular complexity index is 604.